The summed E-state index contributed by atoms with van der Waals surface area (Å²) < 4.78 is 0.920. The quantitative estimate of drug-likeness (QED) is 0.277. The van der Waals surface area contributed by atoms with E-state index >= 15 is 0 Å². The van der Waals surface area contributed by atoms with Gasteiger partial charge in [0.15, 0.2) is 0 Å². The number of rotatable bonds is 2. The zero-order valence-corrected chi connectivity index (χ0v) is 23.0. The molecule has 1 aliphatic carbocycles. The van der Waals surface area contributed by atoms with Gasteiger partial charge in [0, 0.05) is 21.2 Å². The van der Waals surface area contributed by atoms with Crippen molar-refractivity contribution in [1.29, 1.82) is 0 Å². The zero-order chi connectivity index (χ0) is 25.2. The van der Waals surface area contributed by atoms with Crippen LogP contribution in [0.1, 0.15) is 69.4 Å². The molecule has 178 valence electrons. The molecule has 0 amide bonds. The molecule has 1 N–H and O–H groups in total. The smallest absolute Gasteiger partial charge is 0.143 e. The van der Waals surface area contributed by atoms with Crippen molar-refractivity contribution in [3.8, 4) is 22.3 Å². The summed E-state index contributed by atoms with van der Waals surface area (Å²) in [6.45, 7) is 13.4. The molecular formula is C33H33BrO. The Hall–Kier alpha value is -2.68. The number of fused-ring (bicyclic) bond motifs is 3. The molecule has 1 aliphatic rings. The van der Waals surface area contributed by atoms with Crippen molar-refractivity contribution in [3.05, 3.63) is 117 Å². The highest BCUT2D eigenvalue weighted by Crippen LogP contribution is 2.55. The molecule has 1 atom stereocenters. The van der Waals surface area contributed by atoms with Crippen LogP contribution in [0.3, 0.4) is 0 Å². The Morgan fingerprint density at radius 2 is 1.20 bits per heavy atom. The van der Waals surface area contributed by atoms with Crippen molar-refractivity contribution < 1.29 is 5.11 Å². The van der Waals surface area contributed by atoms with Crippen molar-refractivity contribution in [2.24, 2.45) is 0 Å². The average molecular weight is 526 g/mol. The number of hydrogen-bond acceptors (Lipinski definition) is 1. The van der Waals surface area contributed by atoms with E-state index < -0.39 is 5.60 Å². The molecule has 0 bridgehead atoms. The second-order valence-electron chi connectivity index (χ2n) is 11.8. The first kappa shape index (κ1) is 24.0. The average Bonchev–Trinajstić information content (AvgIpc) is 3.08. The summed E-state index contributed by atoms with van der Waals surface area (Å²) in [5, 5.41) is 12.8. The molecule has 1 unspecified atom stereocenters. The summed E-state index contributed by atoms with van der Waals surface area (Å²) in [5.74, 6) is 0. The van der Waals surface area contributed by atoms with Crippen LogP contribution in [-0.4, -0.2) is 5.11 Å². The van der Waals surface area contributed by atoms with Crippen molar-refractivity contribution in [1.82, 2.24) is 0 Å². The van der Waals surface area contributed by atoms with Gasteiger partial charge in [0.1, 0.15) is 5.60 Å². The van der Waals surface area contributed by atoms with Gasteiger partial charge >= 0.3 is 0 Å². The first-order valence-corrected chi connectivity index (χ1v) is 13.1. The van der Waals surface area contributed by atoms with E-state index in [2.05, 4.69) is 118 Å². The van der Waals surface area contributed by atoms with Crippen LogP contribution in [0.4, 0.5) is 0 Å². The third kappa shape index (κ3) is 3.88. The Kier molecular flexibility index (Phi) is 5.62. The molecule has 5 rings (SSSR count). The Bertz CT molecular complexity index is 1420. The van der Waals surface area contributed by atoms with Crippen molar-refractivity contribution >= 4 is 15.9 Å². The predicted octanol–water partition coefficient (Wildman–Crippen LogP) is 8.98. The minimum absolute atomic E-state index is 0.0470. The first-order valence-electron chi connectivity index (χ1n) is 12.3. The van der Waals surface area contributed by atoms with E-state index in [4.69, 9.17) is 0 Å². The summed E-state index contributed by atoms with van der Waals surface area (Å²) in [5.41, 5.74) is 8.37. The lowest BCUT2D eigenvalue weighted by Gasteiger charge is -2.32. The Morgan fingerprint density at radius 1 is 0.600 bits per heavy atom. The summed E-state index contributed by atoms with van der Waals surface area (Å²) in [7, 11) is 0. The van der Waals surface area contributed by atoms with Gasteiger partial charge in [0.25, 0.3) is 0 Å². The van der Waals surface area contributed by atoms with Crippen molar-refractivity contribution in [2.45, 2.75) is 58.0 Å². The van der Waals surface area contributed by atoms with E-state index in [-0.39, 0.29) is 10.8 Å². The van der Waals surface area contributed by atoms with Crippen LogP contribution in [0.2, 0.25) is 0 Å². The molecule has 0 saturated carbocycles. The molecule has 0 aliphatic heterocycles. The van der Waals surface area contributed by atoms with E-state index in [1.165, 1.54) is 11.1 Å². The molecule has 4 aromatic carbocycles. The van der Waals surface area contributed by atoms with E-state index in [1.54, 1.807) is 0 Å². The lowest BCUT2D eigenvalue weighted by molar-refractivity contribution is 0.130. The van der Waals surface area contributed by atoms with Gasteiger partial charge in [-0.2, -0.15) is 0 Å². The van der Waals surface area contributed by atoms with Gasteiger partial charge in [0.2, 0.25) is 0 Å². The Labute approximate surface area is 218 Å². The minimum atomic E-state index is -1.27. The highest BCUT2D eigenvalue weighted by Gasteiger charge is 2.46. The fourth-order valence-electron chi connectivity index (χ4n) is 5.28. The number of halogens is 1. The molecule has 0 aromatic heterocycles. The number of benzene rings is 4. The molecule has 35 heavy (non-hydrogen) atoms. The molecule has 0 spiro atoms. The van der Waals surface area contributed by atoms with Gasteiger partial charge in [-0.15, -0.1) is 0 Å². The largest absolute Gasteiger partial charge is 0.376 e. The normalized spacial score (nSPS) is 17.3. The van der Waals surface area contributed by atoms with E-state index in [1.807, 2.05) is 24.3 Å². The van der Waals surface area contributed by atoms with Crippen LogP contribution in [-0.2, 0) is 16.4 Å². The number of hydrogen-bond donors (Lipinski definition) is 1. The zero-order valence-electron chi connectivity index (χ0n) is 21.4. The molecule has 0 fully saturated rings. The van der Waals surface area contributed by atoms with Gasteiger partial charge < -0.3 is 5.11 Å². The highest BCUT2D eigenvalue weighted by atomic mass is 79.9. The van der Waals surface area contributed by atoms with Crippen molar-refractivity contribution in [2.75, 3.05) is 0 Å². The van der Waals surface area contributed by atoms with Crippen LogP contribution in [0.15, 0.2) is 89.4 Å². The molecule has 0 saturated heterocycles. The van der Waals surface area contributed by atoms with E-state index in [9.17, 15) is 5.11 Å². The first-order chi connectivity index (χ1) is 16.4. The third-order valence-electron chi connectivity index (χ3n) is 7.32. The predicted molar refractivity (Wildman–Crippen MR) is 151 cm³/mol. The summed E-state index contributed by atoms with van der Waals surface area (Å²) in [6, 6.07) is 29.9. The SMILES string of the molecule is CC(C)(C)c1ccc(-c2ccc(C(C)(C)C)cc2C2(O)c3ccccc3-c3cccc(Br)c32)cc1. The maximum Gasteiger partial charge on any atom is 0.143 e. The Morgan fingerprint density at radius 3 is 1.86 bits per heavy atom. The minimum Gasteiger partial charge on any atom is -0.376 e. The van der Waals surface area contributed by atoms with E-state index in [0.29, 0.717) is 0 Å². The molecule has 0 heterocycles. The third-order valence-corrected chi connectivity index (χ3v) is 7.98. The second kappa shape index (κ2) is 8.18. The summed E-state index contributed by atoms with van der Waals surface area (Å²) in [6.07, 6.45) is 0. The van der Waals surface area contributed by atoms with Gasteiger partial charge in [-0.1, -0.05) is 136 Å². The number of aliphatic hydroxyl groups is 1. The fourth-order valence-corrected chi connectivity index (χ4v) is 5.93. The monoisotopic (exact) mass is 524 g/mol. The van der Waals surface area contributed by atoms with Gasteiger partial charge in [-0.3, -0.25) is 0 Å². The van der Waals surface area contributed by atoms with Gasteiger partial charge in [-0.25, -0.2) is 0 Å². The molecule has 4 aromatic rings. The lowest BCUT2D eigenvalue weighted by atomic mass is 9.76. The van der Waals surface area contributed by atoms with Crippen LogP contribution < -0.4 is 0 Å². The van der Waals surface area contributed by atoms with Crippen LogP contribution in [0, 0.1) is 0 Å². The topological polar surface area (TPSA) is 20.2 Å². The maximum absolute atomic E-state index is 12.8. The van der Waals surface area contributed by atoms with Crippen LogP contribution in [0.25, 0.3) is 22.3 Å². The Balaban J connectivity index is 1.83. The fraction of sp³-hybridized carbons (Fsp3) is 0.273. The second-order valence-corrected chi connectivity index (χ2v) is 12.6. The summed E-state index contributed by atoms with van der Waals surface area (Å²) >= 11 is 3.79. The maximum atomic E-state index is 12.8. The molecule has 2 heteroatoms. The molecule has 1 nitrogen and oxygen atoms in total. The van der Waals surface area contributed by atoms with Crippen molar-refractivity contribution in [3.63, 3.8) is 0 Å². The molecular weight excluding hydrogens is 492 g/mol. The highest BCUT2D eigenvalue weighted by molar-refractivity contribution is 9.10. The standard InChI is InChI=1S/C33H33BrO/c1-31(2,3)22-16-14-21(15-17-22)24-19-18-23(32(4,5)6)20-28(24)33(35)27-12-8-7-10-25(27)26-11-9-13-29(34)30(26)33/h7-20,35H,1-6H3. The van der Waals surface area contributed by atoms with Gasteiger partial charge in [0.05, 0.1) is 0 Å². The van der Waals surface area contributed by atoms with Crippen LogP contribution in [0.5, 0.6) is 0 Å². The van der Waals surface area contributed by atoms with Gasteiger partial charge in [-0.05, 0) is 50.3 Å². The summed E-state index contributed by atoms with van der Waals surface area (Å²) in [4.78, 5) is 0. The van der Waals surface area contributed by atoms with E-state index in [0.717, 1.165) is 43.4 Å². The van der Waals surface area contributed by atoms with Crippen LogP contribution >= 0.6 is 15.9 Å². The lowest BCUT2D eigenvalue weighted by Crippen LogP contribution is -2.28. The molecule has 0 radical (unpaired) electrons.